The van der Waals surface area contributed by atoms with E-state index in [0.717, 1.165) is 12.2 Å². The van der Waals surface area contributed by atoms with Crippen molar-refractivity contribution in [1.82, 2.24) is 4.98 Å². The summed E-state index contributed by atoms with van der Waals surface area (Å²) in [7, 11) is 1.58. The van der Waals surface area contributed by atoms with E-state index >= 15 is 0 Å². The van der Waals surface area contributed by atoms with Gasteiger partial charge in [0.25, 0.3) is 5.91 Å². The van der Waals surface area contributed by atoms with Gasteiger partial charge in [-0.3, -0.25) is 4.79 Å². The second kappa shape index (κ2) is 9.04. The van der Waals surface area contributed by atoms with E-state index in [-0.39, 0.29) is 5.91 Å². The number of amides is 1. The number of ether oxygens (including phenoxy) is 1. The fourth-order valence-corrected chi connectivity index (χ4v) is 2.93. The molecule has 1 N–H and O–H groups in total. The summed E-state index contributed by atoms with van der Waals surface area (Å²) in [6, 6.07) is 21.5. The van der Waals surface area contributed by atoms with Gasteiger partial charge in [0.2, 0.25) is 0 Å². The van der Waals surface area contributed by atoms with Crippen LogP contribution < -0.4 is 15.0 Å². The van der Waals surface area contributed by atoms with Crippen LogP contribution >= 0.6 is 0 Å². The van der Waals surface area contributed by atoms with Crippen molar-refractivity contribution < 1.29 is 9.53 Å². The van der Waals surface area contributed by atoms with E-state index in [0.29, 0.717) is 23.2 Å². The molecule has 28 heavy (non-hydrogen) atoms. The van der Waals surface area contributed by atoms with Gasteiger partial charge in [-0.1, -0.05) is 36.4 Å². The Morgan fingerprint density at radius 2 is 1.86 bits per heavy atom. The van der Waals surface area contributed by atoms with Crippen LogP contribution in [-0.4, -0.2) is 24.0 Å². The van der Waals surface area contributed by atoms with Crippen LogP contribution in [0.15, 0.2) is 72.9 Å². The van der Waals surface area contributed by atoms with E-state index in [2.05, 4.69) is 41.2 Å². The standard InChI is InChI=1S/C23H25N3O2/c1-17(2)26(16-18-8-5-4-6-9-18)20-12-13-22(24-15-20)25-23(27)19-10-7-11-21(14-19)28-3/h4-15,17H,16H2,1-3H3,(H,24,25,27). The lowest BCUT2D eigenvalue weighted by Gasteiger charge is -2.29. The summed E-state index contributed by atoms with van der Waals surface area (Å²) in [6.45, 7) is 5.11. The number of aromatic nitrogens is 1. The minimum atomic E-state index is -0.218. The molecule has 0 aliphatic carbocycles. The van der Waals surface area contributed by atoms with E-state index in [1.165, 1.54) is 5.56 Å². The van der Waals surface area contributed by atoms with E-state index in [9.17, 15) is 4.79 Å². The smallest absolute Gasteiger partial charge is 0.256 e. The molecule has 0 saturated carbocycles. The molecule has 0 aliphatic rings. The molecule has 0 atom stereocenters. The minimum absolute atomic E-state index is 0.218. The Hall–Kier alpha value is -3.34. The molecule has 144 valence electrons. The van der Waals surface area contributed by atoms with Gasteiger partial charge in [0.15, 0.2) is 0 Å². The van der Waals surface area contributed by atoms with E-state index in [1.54, 1.807) is 37.6 Å². The maximum atomic E-state index is 12.4. The summed E-state index contributed by atoms with van der Waals surface area (Å²) in [4.78, 5) is 19.1. The van der Waals surface area contributed by atoms with E-state index in [4.69, 9.17) is 4.74 Å². The summed E-state index contributed by atoms with van der Waals surface area (Å²) < 4.78 is 5.17. The highest BCUT2D eigenvalue weighted by Crippen LogP contribution is 2.21. The number of benzene rings is 2. The molecule has 0 bridgehead atoms. The van der Waals surface area contributed by atoms with Gasteiger partial charge in [-0.05, 0) is 49.7 Å². The largest absolute Gasteiger partial charge is 0.497 e. The van der Waals surface area contributed by atoms with E-state index in [1.807, 2.05) is 30.3 Å². The summed E-state index contributed by atoms with van der Waals surface area (Å²) in [5.41, 5.74) is 2.78. The fourth-order valence-electron chi connectivity index (χ4n) is 2.93. The first-order chi connectivity index (χ1) is 13.6. The number of carbonyl (C=O) groups is 1. The summed E-state index contributed by atoms with van der Waals surface area (Å²) in [6.07, 6.45) is 1.80. The number of pyridine rings is 1. The summed E-state index contributed by atoms with van der Waals surface area (Å²) in [5.74, 6) is 0.939. The van der Waals surface area contributed by atoms with Crippen molar-refractivity contribution in [3.8, 4) is 5.75 Å². The highest BCUT2D eigenvalue weighted by molar-refractivity contribution is 6.04. The topological polar surface area (TPSA) is 54.5 Å². The summed E-state index contributed by atoms with van der Waals surface area (Å²) >= 11 is 0. The van der Waals surface area contributed by atoms with Crippen molar-refractivity contribution in [3.05, 3.63) is 84.1 Å². The maximum absolute atomic E-state index is 12.4. The number of rotatable bonds is 7. The predicted octanol–water partition coefficient (Wildman–Crippen LogP) is 4.76. The SMILES string of the molecule is COc1cccc(C(=O)Nc2ccc(N(Cc3ccccc3)C(C)C)cn2)c1. The number of hydrogen-bond donors (Lipinski definition) is 1. The zero-order chi connectivity index (χ0) is 19.9. The van der Waals surface area contributed by atoms with Crippen LogP contribution in [0, 0.1) is 0 Å². The third-order valence-corrected chi connectivity index (χ3v) is 4.47. The van der Waals surface area contributed by atoms with Crippen molar-refractivity contribution >= 4 is 17.4 Å². The first-order valence-corrected chi connectivity index (χ1v) is 9.29. The molecule has 0 unspecified atom stereocenters. The number of hydrogen-bond acceptors (Lipinski definition) is 4. The molecule has 2 aromatic carbocycles. The van der Waals surface area contributed by atoms with Gasteiger partial charge in [0, 0.05) is 18.2 Å². The fraction of sp³-hybridized carbons (Fsp3) is 0.217. The van der Waals surface area contributed by atoms with Crippen molar-refractivity contribution in [3.63, 3.8) is 0 Å². The monoisotopic (exact) mass is 375 g/mol. The van der Waals surface area contributed by atoms with Gasteiger partial charge >= 0.3 is 0 Å². The first kappa shape index (κ1) is 19.4. The molecule has 5 nitrogen and oxygen atoms in total. The maximum Gasteiger partial charge on any atom is 0.256 e. The number of nitrogens with zero attached hydrogens (tertiary/aromatic N) is 2. The Balaban J connectivity index is 1.71. The van der Waals surface area contributed by atoms with Crippen LogP contribution in [0.1, 0.15) is 29.8 Å². The molecule has 1 heterocycles. The Morgan fingerprint density at radius 3 is 2.50 bits per heavy atom. The van der Waals surface area contributed by atoms with Crippen LogP contribution in [-0.2, 0) is 6.54 Å². The summed E-state index contributed by atoms with van der Waals surface area (Å²) in [5, 5.41) is 2.83. The Kier molecular flexibility index (Phi) is 6.27. The molecule has 0 spiro atoms. The second-order valence-electron chi connectivity index (χ2n) is 6.79. The molecule has 0 radical (unpaired) electrons. The Labute approximate surface area is 166 Å². The zero-order valence-corrected chi connectivity index (χ0v) is 16.4. The van der Waals surface area contributed by atoms with Gasteiger partial charge in [0.1, 0.15) is 11.6 Å². The predicted molar refractivity (Wildman–Crippen MR) is 113 cm³/mol. The third-order valence-electron chi connectivity index (χ3n) is 4.47. The number of anilines is 2. The van der Waals surface area contributed by atoms with Crippen molar-refractivity contribution in [2.24, 2.45) is 0 Å². The van der Waals surface area contributed by atoms with E-state index < -0.39 is 0 Å². The molecule has 3 rings (SSSR count). The molecule has 0 aliphatic heterocycles. The normalized spacial score (nSPS) is 10.6. The molecular formula is C23H25N3O2. The van der Waals surface area contributed by atoms with Crippen LogP contribution in [0.2, 0.25) is 0 Å². The number of methoxy groups -OCH3 is 1. The lowest BCUT2D eigenvalue weighted by Crippen LogP contribution is -2.30. The zero-order valence-electron chi connectivity index (χ0n) is 16.4. The van der Waals surface area contributed by atoms with Crippen molar-refractivity contribution in [2.45, 2.75) is 26.4 Å². The van der Waals surface area contributed by atoms with Crippen LogP contribution in [0.25, 0.3) is 0 Å². The van der Waals surface area contributed by atoms with Gasteiger partial charge in [-0.15, -0.1) is 0 Å². The van der Waals surface area contributed by atoms with Crippen LogP contribution in [0.3, 0.4) is 0 Å². The Morgan fingerprint density at radius 1 is 1.07 bits per heavy atom. The average molecular weight is 375 g/mol. The quantitative estimate of drug-likeness (QED) is 0.647. The molecule has 0 fully saturated rings. The van der Waals surface area contributed by atoms with Gasteiger partial charge in [-0.25, -0.2) is 4.98 Å². The second-order valence-corrected chi connectivity index (χ2v) is 6.79. The molecule has 3 aromatic rings. The highest BCUT2D eigenvalue weighted by Gasteiger charge is 2.13. The van der Waals surface area contributed by atoms with Gasteiger partial charge in [0.05, 0.1) is 19.0 Å². The first-order valence-electron chi connectivity index (χ1n) is 9.29. The lowest BCUT2D eigenvalue weighted by molar-refractivity contribution is 0.102. The van der Waals surface area contributed by atoms with Crippen molar-refractivity contribution in [2.75, 3.05) is 17.3 Å². The number of carbonyl (C=O) groups excluding carboxylic acids is 1. The molecule has 1 amide bonds. The van der Waals surface area contributed by atoms with Gasteiger partial charge < -0.3 is 15.0 Å². The average Bonchev–Trinajstić information content (AvgIpc) is 2.73. The third kappa shape index (κ3) is 4.88. The molecule has 5 heteroatoms. The number of nitrogens with one attached hydrogen (secondary N) is 1. The molecule has 0 saturated heterocycles. The lowest BCUT2D eigenvalue weighted by atomic mass is 10.1. The minimum Gasteiger partial charge on any atom is -0.497 e. The molecule has 1 aromatic heterocycles. The van der Waals surface area contributed by atoms with Gasteiger partial charge in [-0.2, -0.15) is 0 Å². The Bertz CT molecular complexity index is 909. The van der Waals surface area contributed by atoms with Crippen molar-refractivity contribution in [1.29, 1.82) is 0 Å². The van der Waals surface area contributed by atoms with Crippen LogP contribution in [0.4, 0.5) is 11.5 Å². The highest BCUT2D eigenvalue weighted by atomic mass is 16.5. The molecular weight excluding hydrogens is 350 g/mol. The van der Waals surface area contributed by atoms with Crippen LogP contribution in [0.5, 0.6) is 5.75 Å².